The molecular formula is C136H112O2. The van der Waals surface area contributed by atoms with Crippen LogP contribution in [0.15, 0.2) is 437 Å². The molecule has 0 aliphatic heterocycles. The van der Waals surface area contributed by atoms with Crippen molar-refractivity contribution in [2.75, 3.05) is 14.2 Å². The molecule has 0 spiro atoms. The largest absolute Gasteiger partial charge is 0.496 e. The van der Waals surface area contributed by atoms with Gasteiger partial charge in [0.05, 0.1) is 14.2 Å². The van der Waals surface area contributed by atoms with Crippen molar-refractivity contribution in [3.8, 4) is 101 Å². The maximum Gasteiger partial charge on any atom is 0.126 e. The van der Waals surface area contributed by atoms with Gasteiger partial charge in [0.25, 0.3) is 0 Å². The van der Waals surface area contributed by atoms with Crippen molar-refractivity contribution in [2.24, 2.45) is 0 Å². The van der Waals surface area contributed by atoms with Crippen LogP contribution in [0.5, 0.6) is 11.5 Å². The fourth-order valence-electron chi connectivity index (χ4n) is 22.0. The monoisotopic (exact) mass is 1780 g/mol. The molecule has 24 aromatic rings. The molecule has 0 aliphatic carbocycles. The third-order valence-corrected chi connectivity index (χ3v) is 28.5. The summed E-state index contributed by atoms with van der Waals surface area (Å²) < 4.78 is 11.6. The van der Waals surface area contributed by atoms with Gasteiger partial charge in [-0.05, 0) is 328 Å². The van der Waals surface area contributed by atoms with E-state index in [1.165, 1.54) is 241 Å². The Morgan fingerprint density at radius 2 is 0.348 bits per heavy atom. The van der Waals surface area contributed by atoms with Crippen LogP contribution in [-0.2, 0) is 23.7 Å². The molecule has 0 saturated heterocycles. The summed E-state index contributed by atoms with van der Waals surface area (Å²) in [5.41, 5.74) is 28.7. The smallest absolute Gasteiger partial charge is 0.126 e. The normalized spacial score (nSPS) is 11.7. The van der Waals surface area contributed by atoms with Gasteiger partial charge in [0.1, 0.15) is 11.5 Å². The van der Waals surface area contributed by atoms with Gasteiger partial charge < -0.3 is 9.47 Å². The number of ether oxygens (including phenoxy) is 2. The number of aryl methyl sites for hydroxylation is 4. The van der Waals surface area contributed by atoms with Crippen LogP contribution in [-0.4, -0.2) is 14.2 Å². The van der Waals surface area contributed by atoms with E-state index in [1.807, 2.05) is 24.3 Å². The van der Waals surface area contributed by atoms with E-state index < -0.39 is 0 Å². The Labute approximate surface area is 810 Å². The summed E-state index contributed by atoms with van der Waals surface area (Å²) in [5.74, 6) is 1.74. The highest BCUT2D eigenvalue weighted by Gasteiger charge is 2.29. The van der Waals surface area contributed by atoms with E-state index in [1.54, 1.807) is 14.2 Å². The summed E-state index contributed by atoms with van der Waals surface area (Å²) >= 11 is 0. The van der Waals surface area contributed by atoms with Gasteiger partial charge in [0, 0.05) is 22.3 Å². The lowest BCUT2D eigenvalue weighted by Crippen LogP contribution is -2.13. The molecule has 0 N–H and O–H groups in total. The Hall–Kier alpha value is -16.0. The molecule has 0 atom stereocenters. The van der Waals surface area contributed by atoms with Crippen LogP contribution in [0.3, 0.4) is 0 Å². The maximum atomic E-state index is 5.82. The second kappa shape index (κ2) is 37.3. The van der Waals surface area contributed by atoms with Crippen molar-refractivity contribution in [1.29, 1.82) is 0 Å². The zero-order valence-corrected chi connectivity index (χ0v) is 80.8. The van der Waals surface area contributed by atoms with Crippen LogP contribution in [0.4, 0.5) is 0 Å². The number of hydrogen-bond acceptors (Lipinski definition) is 2. The second-order valence-corrected chi connectivity index (χ2v) is 38.8. The number of methoxy groups -OCH3 is 2. The molecule has 0 bridgehead atoms. The third kappa shape index (κ3) is 16.2. The van der Waals surface area contributed by atoms with Crippen molar-refractivity contribution < 1.29 is 9.47 Å². The van der Waals surface area contributed by atoms with Crippen molar-refractivity contribution in [1.82, 2.24) is 0 Å². The molecule has 0 aliphatic rings. The molecular weight excluding hydrogens is 1670 g/mol. The first kappa shape index (κ1) is 88.6. The van der Waals surface area contributed by atoms with Crippen LogP contribution in [0, 0.1) is 13.8 Å². The second-order valence-electron chi connectivity index (χ2n) is 38.8. The van der Waals surface area contributed by atoms with Crippen molar-refractivity contribution >= 4 is 129 Å². The molecule has 24 rings (SSSR count). The van der Waals surface area contributed by atoms with E-state index in [2.05, 4.69) is 482 Å². The predicted octanol–water partition coefficient (Wildman–Crippen LogP) is 38.3. The Balaban J connectivity index is 0.000000110. The SMILES string of the molecule is CC(C)(C)c1ccccc1-c1c2ccccc2c(-c2ccccc2C(C)(C)C)c2cc3ccccc3cc12.CCc1ccccc1-c1c2ccccc2c(-c2ccccc2CC)c2cc3ccccc3cc12.COc1ccccc1-c1c2ccccc2c(-c2ccccc2OC)c2cc3ccccc3cc12.Cc1ccccc1-c1c2ccccc2c(-c2ccccc2C)c2cc3ccccc3cc12. The Bertz CT molecular complexity index is 8110. The molecule has 138 heavy (non-hydrogen) atoms. The zero-order chi connectivity index (χ0) is 94.5. The molecule has 2 nitrogen and oxygen atoms in total. The van der Waals surface area contributed by atoms with Crippen LogP contribution in [0.25, 0.3) is 218 Å². The number of rotatable bonds is 12. The van der Waals surface area contributed by atoms with E-state index in [4.69, 9.17) is 9.47 Å². The Kier molecular flexibility index (Phi) is 24.0. The molecule has 24 aromatic carbocycles. The van der Waals surface area contributed by atoms with Crippen molar-refractivity contribution in [2.45, 2.75) is 92.9 Å². The molecule has 0 aromatic heterocycles. The van der Waals surface area contributed by atoms with Crippen LogP contribution >= 0.6 is 0 Å². The predicted molar refractivity (Wildman–Crippen MR) is 598 cm³/mol. The number of hydrogen-bond donors (Lipinski definition) is 0. The quantitative estimate of drug-likeness (QED) is 0.114. The highest BCUT2D eigenvalue weighted by Crippen LogP contribution is 2.54. The summed E-state index contributed by atoms with van der Waals surface area (Å²) in [6, 6.07) is 159. The molecule has 0 saturated carbocycles. The standard InChI is InChI=1S/C38H36.C34H28.C32H24O2.C32H24/c1-37(2,3)33-21-13-11-19-29(33)35-27-17-9-10-18-28(27)36(30-20-12-14-22-34(30)38(4,5)6)32-24-26-16-8-7-15-25(26)23-31(32)35;1-3-23-13-7-9-17-27(23)33-29-19-11-12-20-30(29)34(28-18-10-8-14-24(28)4-2)32-22-26-16-6-5-15-25(26)21-31(32)33;1-33-29-17-9-7-15-25(29)31-23-13-5-6-14-24(23)32(26-16-8-10-18-30(26)34-2)28-20-22-12-4-3-11-21(22)19-27(28)31;1-21-11-3-7-15-25(21)31-27-17-9-10-18-28(27)32(26-16-8-4-12-22(26)2)30-20-24-14-6-5-13-23(24)19-29(30)31/h7-24H,1-6H3;5-22H,3-4H2,1-2H3;3-20H,1-2H3;3-20H,1-2H3. The summed E-state index contributed by atoms with van der Waals surface area (Å²) in [7, 11) is 3.48. The molecule has 0 amide bonds. The lowest BCUT2D eigenvalue weighted by atomic mass is 9.76. The lowest BCUT2D eigenvalue weighted by molar-refractivity contribution is 0.416. The topological polar surface area (TPSA) is 18.5 Å². The van der Waals surface area contributed by atoms with Crippen LogP contribution in [0.2, 0.25) is 0 Å². The van der Waals surface area contributed by atoms with Gasteiger partial charge in [0.2, 0.25) is 0 Å². The number of fused-ring (bicyclic) bond motifs is 12. The summed E-state index contributed by atoms with van der Waals surface area (Å²) in [5, 5.41) is 30.7. The average molecular weight is 1780 g/mol. The molecule has 0 radical (unpaired) electrons. The highest BCUT2D eigenvalue weighted by molar-refractivity contribution is 6.29. The van der Waals surface area contributed by atoms with Gasteiger partial charge in [-0.25, -0.2) is 0 Å². The lowest BCUT2D eigenvalue weighted by Gasteiger charge is -2.27. The summed E-state index contributed by atoms with van der Waals surface area (Å²) in [6.07, 6.45) is 2.03. The van der Waals surface area contributed by atoms with Gasteiger partial charge in [-0.1, -0.05) is 432 Å². The molecule has 668 valence electrons. The van der Waals surface area contributed by atoms with Gasteiger partial charge in [-0.2, -0.15) is 0 Å². The van der Waals surface area contributed by atoms with Crippen LogP contribution < -0.4 is 9.47 Å². The van der Waals surface area contributed by atoms with E-state index in [9.17, 15) is 0 Å². The minimum absolute atomic E-state index is 0.0262. The molecule has 2 heteroatoms. The first-order valence-corrected chi connectivity index (χ1v) is 48.7. The average Bonchev–Trinajstić information content (AvgIpc) is 0.738. The Morgan fingerprint density at radius 3 is 0.580 bits per heavy atom. The number of para-hydroxylation sites is 2. The van der Waals surface area contributed by atoms with Crippen molar-refractivity contribution in [3.05, 3.63) is 470 Å². The van der Waals surface area contributed by atoms with E-state index in [0.29, 0.717) is 0 Å². The molecule has 0 unspecified atom stereocenters. The van der Waals surface area contributed by atoms with Gasteiger partial charge in [-0.3, -0.25) is 0 Å². The maximum absolute atomic E-state index is 5.82. The summed E-state index contributed by atoms with van der Waals surface area (Å²) in [4.78, 5) is 0. The third-order valence-electron chi connectivity index (χ3n) is 28.5. The molecule has 0 heterocycles. The minimum atomic E-state index is 0.0262. The Morgan fingerprint density at radius 1 is 0.174 bits per heavy atom. The highest BCUT2D eigenvalue weighted by atomic mass is 16.5. The van der Waals surface area contributed by atoms with E-state index in [0.717, 1.165) is 35.5 Å². The van der Waals surface area contributed by atoms with E-state index in [-0.39, 0.29) is 10.8 Å². The van der Waals surface area contributed by atoms with Gasteiger partial charge in [0.15, 0.2) is 0 Å². The summed E-state index contributed by atoms with van der Waals surface area (Å²) in [6.45, 7) is 22.9. The minimum Gasteiger partial charge on any atom is -0.496 e. The van der Waals surface area contributed by atoms with Gasteiger partial charge in [-0.15, -0.1) is 0 Å². The fourth-order valence-corrected chi connectivity index (χ4v) is 22.0. The first-order valence-electron chi connectivity index (χ1n) is 48.7. The zero-order valence-electron chi connectivity index (χ0n) is 80.8. The number of benzene rings is 24. The molecule has 0 fully saturated rings. The van der Waals surface area contributed by atoms with Crippen molar-refractivity contribution in [3.63, 3.8) is 0 Å². The fraction of sp³-hybridized carbons (Fsp3) is 0.118. The van der Waals surface area contributed by atoms with Crippen LogP contribution in [0.1, 0.15) is 88.8 Å². The van der Waals surface area contributed by atoms with E-state index >= 15 is 0 Å². The van der Waals surface area contributed by atoms with Gasteiger partial charge >= 0.3 is 0 Å². The first-order chi connectivity index (χ1) is 67.5.